The molecule has 1 heterocycles. The minimum absolute atomic E-state index is 0. The summed E-state index contributed by atoms with van der Waals surface area (Å²) < 4.78 is 0. The number of piperazine rings is 1. The molecule has 0 radical (unpaired) electrons. The largest absolute Gasteiger partial charge is 0.353 e. The maximum Gasteiger partial charge on any atom is 0.240 e. The van der Waals surface area contributed by atoms with Crippen molar-refractivity contribution < 1.29 is 9.59 Å². The monoisotopic (exact) mass is 301 g/mol. The third kappa shape index (κ3) is 5.13. The van der Waals surface area contributed by atoms with Crippen molar-refractivity contribution >= 4 is 24.2 Å². The molecule has 1 unspecified atom stereocenters. The van der Waals surface area contributed by atoms with Gasteiger partial charge in [0.15, 0.2) is 0 Å². The second-order valence-corrected chi connectivity index (χ2v) is 5.31. The average Bonchev–Trinajstić information content (AvgIpc) is 3.18. The van der Waals surface area contributed by atoms with Gasteiger partial charge in [0.2, 0.25) is 11.8 Å². The van der Waals surface area contributed by atoms with Crippen molar-refractivity contribution in [1.29, 1.82) is 0 Å². The SMILES string of the molecule is C=CCCCN1CCNC(CC(=O)NC2CC2)C1=O.Cl. The number of unbranched alkanes of at least 4 members (excludes halogenated alkanes) is 1. The Balaban J connectivity index is 0.00000200. The molecule has 1 atom stereocenters. The molecule has 0 aromatic carbocycles. The van der Waals surface area contributed by atoms with E-state index in [2.05, 4.69) is 17.2 Å². The van der Waals surface area contributed by atoms with Gasteiger partial charge in [-0.1, -0.05) is 6.08 Å². The van der Waals surface area contributed by atoms with Crippen LogP contribution < -0.4 is 10.6 Å². The number of halogens is 1. The highest BCUT2D eigenvalue weighted by Crippen LogP contribution is 2.19. The molecule has 2 aliphatic rings. The zero-order valence-electron chi connectivity index (χ0n) is 11.8. The molecule has 2 rings (SSSR count). The van der Waals surface area contributed by atoms with E-state index in [1.165, 1.54) is 0 Å². The van der Waals surface area contributed by atoms with E-state index in [1.54, 1.807) is 0 Å². The fraction of sp³-hybridized carbons (Fsp3) is 0.714. The summed E-state index contributed by atoms with van der Waals surface area (Å²) in [6.07, 6.45) is 6.14. The summed E-state index contributed by atoms with van der Waals surface area (Å²) in [7, 11) is 0. The lowest BCUT2D eigenvalue weighted by Gasteiger charge is -2.33. The van der Waals surface area contributed by atoms with Gasteiger partial charge in [-0.15, -0.1) is 19.0 Å². The van der Waals surface area contributed by atoms with Gasteiger partial charge in [-0.25, -0.2) is 0 Å². The van der Waals surface area contributed by atoms with Gasteiger partial charge >= 0.3 is 0 Å². The van der Waals surface area contributed by atoms with E-state index >= 15 is 0 Å². The zero-order valence-corrected chi connectivity index (χ0v) is 12.6. The minimum atomic E-state index is -0.351. The molecule has 0 aromatic rings. The summed E-state index contributed by atoms with van der Waals surface area (Å²) in [5.74, 6) is 0.0440. The molecule has 114 valence electrons. The number of nitrogens with one attached hydrogen (secondary N) is 2. The Morgan fingerprint density at radius 1 is 1.50 bits per heavy atom. The maximum absolute atomic E-state index is 12.2. The summed E-state index contributed by atoms with van der Waals surface area (Å²) in [6.45, 7) is 5.94. The van der Waals surface area contributed by atoms with Gasteiger partial charge in [0.25, 0.3) is 0 Å². The second kappa shape index (κ2) is 8.27. The molecular weight excluding hydrogens is 278 g/mol. The predicted molar refractivity (Wildman–Crippen MR) is 80.8 cm³/mol. The number of rotatable bonds is 7. The average molecular weight is 302 g/mol. The Morgan fingerprint density at radius 3 is 2.90 bits per heavy atom. The standard InChI is InChI=1S/C14H23N3O2.ClH/c1-2-3-4-8-17-9-7-15-12(14(17)19)10-13(18)16-11-5-6-11;/h2,11-12,15H,1,3-10H2,(H,16,18);1H. The zero-order chi connectivity index (χ0) is 13.7. The molecule has 2 amide bonds. The van der Waals surface area contributed by atoms with E-state index in [9.17, 15) is 9.59 Å². The van der Waals surface area contributed by atoms with E-state index in [-0.39, 0.29) is 36.7 Å². The van der Waals surface area contributed by atoms with E-state index in [0.29, 0.717) is 6.04 Å². The Bertz CT molecular complexity index is 358. The van der Waals surface area contributed by atoms with Gasteiger partial charge in [0, 0.05) is 25.7 Å². The van der Waals surface area contributed by atoms with Crippen LogP contribution in [0.5, 0.6) is 0 Å². The van der Waals surface area contributed by atoms with Gasteiger partial charge in [-0.05, 0) is 25.7 Å². The van der Waals surface area contributed by atoms with Crippen molar-refractivity contribution in [3.8, 4) is 0 Å². The van der Waals surface area contributed by atoms with Crippen molar-refractivity contribution in [3.05, 3.63) is 12.7 Å². The summed E-state index contributed by atoms with van der Waals surface area (Å²) in [5, 5.41) is 6.07. The number of hydrogen-bond donors (Lipinski definition) is 2. The lowest BCUT2D eigenvalue weighted by Crippen LogP contribution is -2.56. The first-order chi connectivity index (χ1) is 9.20. The molecule has 0 aromatic heterocycles. The number of carbonyl (C=O) groups excluding carboxylic acids is 2. The number of nitrogens with zero attached hydrogens (tertiary/aromatic N) is 1. The molecule has 20 heavy (non-hydrogen) atoms. The van der Waals surface area contributed by atoms with Crippen molar-refractivity contribution in [3.63, 3.8) is 0 Å². The predicted octanol–water partition coefficient (Wildman–Crippen LogP) is 0.843. The Hall–Kier alpha value is -1.07. The van der Waals surface area contributed by atoms with Gasteiger partial charge in [0.05, 0.1) is 12.5 Å². The van der Waals surface area contributed by atoms with Gasteiger partial charge < -0.3 is 15.5 Å². The Morgan fingerprint density at radius 2 is 2.25 bits per heavy atom. The number of carbonyl (C=O) groups is 2. The molecule has 2 N–H and O–H groups in total. The molecule has 1 aliphatic carbocycles. The summed E-state index contributed by atoms with van der Waals surface area (Å²) >= 11 is 0. The van der Waals surface area contributed by atoms with E-state index in [4.69, 9.17) is 0 Å². The van der Waals surface area contributed by atoms with Crippen LogP contribution in [0.2, 0.25) is 0 Å². The van der Waals surface area contributed by atoms with Gasteiger partial charge in [0.1, 0.15) is 0 Å². The highest BCUT2D eigenvalue weighted by Gasteiger charge is 2.31. The lowest BCUT2D eigenvalue weighted by atomic mass is 10.1. The van der Waals surface area contributed by atoms with Crippen LogP contribution in [0.15, 0.2) is 12.7 Å². The first kappa shape index (κ1) is 17.0. The molecule has 1 saturated carbocycles. The third-order valence-corrected chi connectivity index (χ3v) is 3.55. The van der Waals surface area contributed by atoms with Crippen molar-refractivity contribution in [2.24, 2.45) is 0 Å². The van der Waals surface area contributed by atoms with Crippen molar-refractivity contribution in [2.45, 2.75) is 44.2 Å². The molecule has 1 aliphatic heterocycles. The molecule has 6 heteroatoms. The quantitative estimate of drug-likeness (QED) is 0.541. The highest BCUT2D eigenvalue weighted by molar-refractivity contribution is 5.89. The van der Waals surface area contributed by atoms with E-state index in [0.717, 1.165) is 45.3 Å². The number of amides is 2. The normalized spacial score (nSPS) is 22.1. The smallest absolute Gasteiger partial charge is 0.240 e. The Kier molecular flexibility index (Phi) is 7.02. The summed E-state index contributed by atoms with van der Waals surface area (Å²) in [4.78, 5) is 25.8. The van der Waals surface area contributed by atoms with Gasteiger partial charge in [-0.2, -0.15) is 0 Å². The molecule has 5 nitrogen and oxygen atoms in total. The van der Waals surface area contributed by atoms with Crippen molar-refractivity contribution in [1.82, 2.24) is 15.5 Å². The first-order valence-corrected chi connectivity index (χ1v) is 7.13. The topological polar surface area (TPSA) is 61.4 Å². The molecule has 0 spiro atoms. The minimum Gasteiger partial charge on any atom is -0.353 e. The van der Waals surface area contributed by atoms with Crippen LogP contribution >= 0.6 is 12.4 Å². The van der Waals surface area contributed by atoms with Crippen LogP contribution in [0.3, 0.4) is 0 Å². The summed E-state index contributed by atoms with van der Waals surface area (Å²) in [6, 6.07) is 0.00566. The van der Waals surface area contributed by atoms with Gasteiger partial charge in [-0.3, -0.25) is 9.59 Å². The Labute approximate surface area is 126 Å². The van der Waals surface area contributed by atoms with Crippen LogP contribution in [0.1, 0.15) is 32.1 Å². The second-order valence-electron chi connectivity index (χ2n) is 5.31. The number of allylic oxidation sites excluding steroid dienone is 1. The molecule has 2 fully saturated rings. The third-order valence-electron chi connectivity index (χ3n) is 3.55. The maximum atomic E-state index is 12.2. The highest BCUT2D eigenvalue weighted by atomic mass is 35.5. The fourth-order valence-corrected chi connectivity index (χ4v) is 2.30. The lowest BCUT2D eigenvalue weighted by molar-refractivity contribution is -0.138. The van der Waals surface area contributed by atoms with Crippen LogP contribution in [-0.2, 0) is 9.59 Å². The van der Waals surface area contributed by atoms with Crippen LogP contribution in [0, 0.1) is 0 Å². The first-order valence-electron chi connectivity index (χ1n) is 7.13. The van der Waals surface area contributed by atoms with E-state index in [1.807, 2.05) is 11.0 Å². The van der Waals surface area contributed by atoms with Crippen LogP contribution in [-0.4, -0.2) is 48.4 Å². The van der Waals surface area contributed by atoms with Crippen LogP contribution in [0.25, 0.3) is 0 Å². The molecule has 0 bridgehead atoms. The number of hydrogen-bond acceptors (Lipinski definition) is 3. The summed E-state index contributed by atoms with van der Waals surface area (Å²) in [5.41, 5.74) is 0. The molecule has 1 saturated heterocycles. The molecular formula is C14H24ClN3O2. The fourth-order valence-electron chi connectivity index (χ4n) is 2.30. The van der Waals surface area contributed by atoms with Crippen LogP contribution in [0.4, 0.5) is 0 Å². The van der Waals surface area contributed by atoms with E-state index < -0.39 is 0 Å². The van der Waals surface area contributed by atoms with Crippen molar-refractivity contribution in [2.75, 3.05) is 19.6 Å².